The molecular formula is C15H18F2N2O2. The van der Waals surface area contributed by atoms with Crippen molar-refractivity contribution in [3.63, 3.8) is 0 Å². The van der Waals surface area contributed by atoms with Gasteiger partial charge in [0, 0.05) is 24.7 Å². The molecule has 4 nitrogen and oxygen atoms in total. The van der Waals surface area contributed by atoms with Gasteiger partial charge in [0.15, 0.2) is 11.6 Å². The SMILES string of the molecule is CCC(C)NC(=O)C1CN(C(=O)c2ccc(F)c(F)c2)C1. The van der Waals surface area contributed by atoms with E-state index in [1.165, 1.54) is 11.0 Å². The van der Waals surface area contributed by atoms with Crippen LogP contribution < -0.4 is 5.32 Å². The van der Waals surface area contributed by atoms with Gasteiger partial charge in [-0.3, -0.25) is 9.59 Å². The van der Waals surface area contributed by atoms with Crippen LogP contribution in [0.2, 0.25) is 0 Å². The van der Waals surface area contributed by atoms with Crippen LogP contribution >= 0.6 is 0 Å². The lowest BCUT2D eigenvalue weighted by Crippen LogP contribution is -2.56. The Hall–Kier alpha value is -1.98. The van der Waals surface area contributed by atoms with Crippen LogP contribution in [-0.2, 0) is 4.79 Å². The number of carbonyl (C=O) groups is 2. The fourth-order valence-corrected chi connectivity index (χ4v) is 2.08. The Balaban J connectivity index is 1.90. The van der Waals surface area contributed by atoms with E-state index in [0.717, 1.165) is 18.6 Å². The van der Waals surface area contributed by atoms with Crippen molar-refractivity contribution in [2.24, 2.45) is 5.92 Å². The molecule has 114 valence electrons. The Morgan fingerprint density at radius 3 is 2.57 bits per heavy atom. The second-order valence-corrected chi connectivity index (χ2v) is 5.35. The van der Waals surface area contributed by atoms with Crippen molar-refractivity contribution in [2.45, 2.75) is 26.3 Å². The van der Waals surface area contributed by atoms with Crippen LogP contribution in [0, 0.1) is 17.6 Å². The quantitative estimate of drug-likeness (QED) is 0.923. The zero-order valence-electron chi connectivity index (χ0n) is 12.0. The summed E-state index contributed by atoms with van der Waals surface area (Å²) in [7, 11) is 0. The minimum atomic E-state index is -1.05. The van der Waals surface area contributed by atoms with Gasteiger partial charge in [0.25, 0.3) is 5.91 Å². The van der Waals surface area contributed by atoms with Crippen LogP contribution in [0.4, 0.5) is 8.78 Å². The molecule has 1 aliphatic heterocycles. The topological polar surface area (TPSA) is 49.4 Å². The fraction of sp³-hybridized carbons (Fsp3) is 0.467. The standard InChI is InChI=1S/C15H18F2N2O2/c1-3-9(2)18-14(20)11-7-19(8-11)15(21)10-4-5-12(16)13(17)6-10/h4-6,9,11H,3,7-8H2,1-2H3,(H,18,20). The van der Waals surface area contributed by atoms with Gasteiger partial charge in [-0.2, -0.15) is 0 Å². The van der Waals surface area contributed by atoms with E-state index in [2.05, 4.69) is 5.32 Å². The van der Waals surface area contributed by atoms with Crippen molar-refractivity contribution in [1.29, 1.82) is 0 Å². The van der Waals surface area contributed by atoms with Crippen molar-refractivity contribution >= 4 is 11.8 Å². The maximum absolute atomic E-state index is 13.1. The van der Waals surface area contributed by atoms with E-state index in [4.69, 9.17) is 0 Å². The maximum Gasteiger partial charge on any atom is 0.254 e. The minimum Gasteiger partial charge on any atom is -0.353 e. The Labute approximate surface area is 122 Å². The molecule has 1 atom stereocenters. The number of amides is 2. The molecular weight excluding hydrogens is 278 g/mol. The molecule has 2 amide bonds. The van der Waals surface area contributed by atoms with Gasteiger partial charge in [-0.1, -0.05) is 6.92 Å². The summed E-state index contributed by atoms with van der Waals surface area (Å²) in [5, 5.41) is 2.86. The molecule has 1 aromatic carbocycles. The van der Waals surface area contributed by atoms with E-state index in [0.29, 0.717) is 13.1 Å². The second-order valence-electron chi connectivity index (χ2n) is 5.35. The van der Waals surface area contributed by atoms with Gasteiger partial charge >= 0.3 is 0 Å². The molecule has 21 heavy (non-hydrogen) atoms. The fourth-order valence-electron chi connectivity index (χ4n) is 2.08. The van der Waals surface area contributed by atoms with Crippen LogP contribution in [0.5, 0.6) is 0 Å². The summed E-state index contributed by atoms with van der Waals surface area (Å²) >= 11 is 0. The molecule has 0 bridgehead atoms. The average Bonchev–Trinajstić information content (AvgIpc) is 2.39. The third kappa shape index (κ3) is 3.37. The first kappa shape index (κ1) is 15.4. The number of likely N-dealkylation sites (tertiary alicyclic amines) is 1. The zero-order chi connectivity index (χ0) is 15.6. The molecule has 1 aromatic rings. The maximum atomic E-state index is 13.1. The van der Waals surface area contributed by atoms with Crippen LogP contribution in [0.3, 0.4) is 0 Å². The first-order valence-electron chi connectivity index (χ1n) is 6.97. The van der Waals surface area contributed by atoms with Gasteiger partial charge in [0.2, 0.25) is 5.91 Å². The predicted octanol–water partition coefficient (Wildman–Crippen LogP) is 1.95. The number of benzene rings is 1. The van der Waals surface area contributed by atoms with Gasteiger partial charge in [-0.25, -0.2) is 8.78 Å². The molecule has 1 saturated heterocycles. The smallest absolute Gasteiger partial charge is 0.254 e. The molecule has 1 unspecified atom stereocenters. The number of carbonyl (C=O) groups excluding carboxylic acids is 2. The van der Waals surface area contributed by atoms with E-state index >= 15 is 0 Å². The molecule has 0 aromatic heterocycles. The summed E-state index contributed by atoms with van der Waals surface area (Å²) in [5.41, 5.74) is 0.0923. The third-order valence-corrected chi connectivity index (χ3v) is 3.71. The highest BCUT2D eigenvalue weighted by Crippen LogP contribution is 2.20. The molecule has 1 fully saturated rings. The molecule has 0 saturated carbocycles. The zero-order valence-corrected chi connectivity index (χ0v) is 12.0. The highest BCUT2D eigenvalue weighted by atomic mass is 19.2. The number of rotatable bonds is 4. The summed E-state index contributed by atoms with van der Waals surface area (Å²) < 4.78 is 25.9. The number of hydrogen-bond donors (Lipinski definition) is 1. The van der Waals surface area contributed by atoms with Gasteiger partial charge in [0.05, 0.1) is 5.92 Å². The molecule has 6 heteroatoms. The lowest BCUT2D eigenvalue weighted by atomic mass is 9.97. The lowest BCUT2D eigenvalue weighted by Gasteiger charge is -2.38. The van der Waals surface area contributed by atoms with Crippen molar-refractivity contribution in [3.8, 4) is 0 Å². The first-order chi connectivity index (χ1) is 9.92. The van der Waals surface area contributed by atoms with Crippen molar-refractivity contribution in [3.05, 3.63) is 35.4 Å². The highest BCUT2D eigenvalue weighted by Gasteiger charge is 2.36. The van der Waals surface area contributed by atoms with Crippen LogP contribution in [0.25, 0.3) is 0 Å². The highest BCUT2D eigenvalue weighted by molar-refractivity contribution is 5.96. The lowest BCUT2D eigenvalue weighted by molar-refractivity contribution is -0.129. The van der Waals surface area contributed by atoms with Gasteiger partial charge in [0.1, 0.15) is 0 Å². The molecule has 2 rings (SSSR count). The number of nitrogens with zero attached hydrogens (tertiary/aromatic N) is 1. The largest absolute Gasteiger partial charge is 0.353 e. The molecule has 0 aliphatic carbocycles. The van der Waals surface area contributed by atoms with E-state index in [1.54, 1.807) is 0 Å². The Morgan fingerprint density at radius 2 is 2.00 bits per heavy atom. The first-order valence-corrected chi connectivity index (χ1v) is 6.97. The summed E-state index contributed by atoms with van der Waals surface area (Å²) in [6.45, 7) is 4.51. The summed E-state index contributed by atoms with van der Waals surface area (Å²) in [6.07, 6.45) is 0.843. The van der Waals surface area contributed by atoms with E-state index in [1.807, 2.05) is 13.8 Å². The molecule has 0 spiro atoms. The van der Waals surface area contributed by atoms with E-state index in [-0.39, 0.29) is 29.3 Å². The van der Waals surface area contributed by atoms with Crippen molar-refractivity contribution in [1.82, 2.24) is 10.2 Å². The van der Waals surface area contributed by atoms with Crippen LogP contribution in [0.15, 0.2) is 18.2 Å². The van der Waals surface area contributed by atoms with Crippen LogP contribution in [-0.4, -0.2) is 35.8 Å². The summed E-state index contributed by atoms with van der Waals surface area (Å²) in [5.74, 6) is -2.72. The second kappa shape index (κ2) is 6.20. The van der Waals surface area contributed by atoms with Gasteiger partial charge < -0.3 is 10.2 Å². The molecule has 1 aliphatic rings. The Morgan fingerprint density at radius 1 is 1.33 bits per heavy atom. The Bertz CT molecular complexity index is 557. The number of hydrogen-bond acceptors (Lipinski definition) is 2. The summed E-state index contributed by atoms with van der Waals surface area (Å²) in [4.78, 5) is 25.3. The Kier molecular flexibility index (Phi) is 4.55. The van der Waals surface area contributed by atoms with E-state index < -0.39 is 11.6 Å². The number of nitrogens with one attached hydrogen (secondary N) is 1. The van der Waals surface area contributed by atoms with Crippen molar-refractivity contribution in [2.75, 3.05) is 13.1 Å². The summed E-state index contributed by atoms with van der Waals surface area (Å²) in [6, 6.07) is 3.15. The third-order valence-electron chi connectivity index (χ3n) is 3.71. The number of halogens is 2. The average molecular weight is 296 g/mol. The molecule has 1 heterocycles. The minimum absolute atomic E-state index is 0.0707. The van der Waals surface area contributed by atoms with Gasteiger partial charge in [-0.05, 0) is 31.5 Å². The van der Waals surface area contributed by atoms with Crippen molar-refractivity contribution < 1.29 is 18.4 Å². The predicted molar refractivity (Wildman–Crippen MR) is 73.6 cm³/mol. The normalized spacial score (nSPS) is 16.3. The van der Waals surface area contributed by atoms with E-state index in [9.17, 15) is 18.4 Å². The molecule has 1 N–H and O–H groups in total. The van der Waals surface area contributed by atoms with Crippen LogP contribution in [0.1, 0.15) is 30.6 Å². The monoisotopic (exact) mass is 296 g/mol. The molecule has 0 radical (unpaired) electrons. The van der Waals surface area contributed by atoms with Gasteiger partial charge in [-0.15, -0.1) is 0 Å².